The Morgan fingerprint density at radius 1 is 1.15 bits per heavy atom. The SMILES string of the molecule is O=C(C[NH+]1CCN(c2ccccn2)CC1)Nc1cccc(C(F)(F)F)c1. The maximum Gasteiger partial charge on any atom is 0.416 e. The molecular weight excluding hydrogens is 345 g/mol. The highest BCUT2D eigenvalue weighted by molar-refractivity contribution is 5.91. The zero-order valence-electron chi connectivity index (χ0n) is 14.1. The molecule has 5 nitrogen and oxygen atoms in total. The van der Waals surface area contributed by atoms with Crippen molar-refractivity contribution in [2.45, 2.75) is 6.18 Å². The Kier molecular flexibility index (Phi) is 5.41. The fourth-order valence-corrected chi connectivity index (χ4v) is 2.98. The maximum atomic E-state index is 12.7. The van der Waals surface area contributed by atoms with Crippen LogP contribution in [-0.4, -0.2) is 43.6 Å². The number of nitrogens with zero attached hydrogens (tertiary/aromatic N) is 2. The van der Waals surface area contributed by atoms with Gasteiger partial charge in [0.25, 0.3) is 5.91 Å². The molecule has 1 amide bonds. The van der Waals surface area contributed by atoms with Gasteiger partial charge in [0, 0.05) is 11.9 Å². The molecule has 0 radical (unpaired) electrons. The highest BCUT2D eigenvalue weighted by atomic mass is 19.4. The molecular formula is C18H20F3N4O+. The fraction of sp³-hybridized carbons (Fsp3) is 0.333. The third kappa shape index (κ3) is 4.72. The summed E-state index contributed by atoms with van der Waals surface area (Å²) in [6.45, 7) is 3.33. The van der Waals surface area contributed by atoms with Crippen molar-refractivity contribution < 1.29 is 22.9 Å². The second-order valence-corrected chi connectivity index (χ2v) is 6.23. The van der Waals surface area contributed by atoms with Gasteiger partial charge in [-0.25, -0.2) is 4.98 Å². The van der Waals surface area contributed by atoms with Crippen LogP contribution in [0.1, 0.15) is 5.56 Å². The van der Waals surface area contributed by atoms with Crippen molar-refractivity contribution in [3.05, 3.63) is 54.2 Å². The fourth-order valence-electron chi connectivity index (χ4n) is 2.98. The molecule has 2 N–H and O–H groups in total. The summed E-state index contributed by atoms with van der Waals surface area (Å²) in [6.07, 6.45) is -2.68. The molecule has 0 unspecified atom stereocenters. The molecule has 1 aromatic heterocycles. The van der Waals surface area contributed by atoms with E-state index in [0.717, 1.165) is 49.0 Å². The molecule has 138 valence electrons. The number of hydrogen-bond donors (Lipinski definition) is 2. The average molecular weight is 365 g/mol. The molecule has 8 heteroatoms. The maximum absolute atomic E-state index is 12.7. The molecule has 3 rings (SSSR count). The van der Waals surface area contributed by atoms with Crippen LogP contribution < -0.4 is 15.1 Å². The van der Waals surface area contributed by atoms with Gasteiger partial charge in [0.2, 0.25) is 0 Å². The number of rotatable bonds is 4. The van der Waals surface area contributed by atoms with E-state index in [0.29, 0.717) is 0 Å². The topological polar surface area (TPSA) is 49.7 Å². The van der Waals surface area contributed by atoms with Crippen LogP contribution in [0.2, 0.25) is 0 Å². The van der Waals surface area contributed by atoms with Gasteiger partial charge in [0.15, 0.2) is 6.54 Å². The first-order chi connectivity index (χ1) is 12.4. The number of amides is 1. The lowest BCUT2D eigenvalue weighted by Gasteiger charge is -2.32. The van der Waals surface area contributed by atoms with E-state index in [1.807, 2.05) is 18.2 Å². The molecule has 2 aromatic rings. The smallest absolute Gasteiger partial charge is 0.345 e. The van der Waals surface area contributed by atoms with Crippen LogP contribution in [-0.2, 0) is 11.0 Å². The Morgan fingerprint density at radius 2 is 1.92 bits per heavy atom. The molecule has 0 spiro atoms. The lowest BCUT2D eigenvalue weighted by Crippen LogP contribution is -3.15. The van der Waals surface area contributed by atoms with Gasteiger partial charge in [-0.3, -0.25) is 4.79 Å². The normalized spacial score (nSPS) is 15.7. The van der Waals surface area contributed by atoms with Gasteiger partial charge in [-0.2, -0.15) is 13.2 Å². The van der Waals surface area contributed by atoms with Crippen LogP contribution in [0, 0.1) is 0 Å². The van der Waals surface area contributed by atoms with Gasteiger partial charge in [-0.1, -0.05) is 12.1 Å². The van der Waals surface area contributed by atoms with Crippen molar-refractivity contribution in [2.75, 3.05) is 42.9 Å². The molecule has 0 bridgehead atoms. The predicted molar refractivity (Wildman–Crippen MR) is 92.1 cm³/mol. The molecule has 1 aromatic carbocycles. The standard InChI is InChI=1S/C18H19F3N4O/c19-18(20,21)14-4-3-5-15(12-14)23-17(26)13-24-8-10-25(11-9-24)16-6-1-2-7-22-16/h1-7,12H,8-11,13H2,(H,23,26)/p+1. The Labute approximate surface area is 149 Å². The van der Waals surface area contributed by atoms with Gasteiger partial charge < -0.3 is 15.1 Å². The van der Waals surface area contributed by atoms with Gasteiger partial charge in [-0.05, 0) is 30.3 Å². The van der Waals surface area contributed by atoms with E-state index < -0.39 is 11.7 Å². The minimum absolute atomic E-state index is 0.163. The summed E-state index contributed by atoms with van der Waals surface area (Å²) in [6, 6.07) is 10.4. The Balaban J connectivity index is 1.50. The lowest BCUT2D eigenvalue weighted by molar-refractivity contribution is -0.892. The van der Waals surface area contributed by atoms with Crippen LogP contribution >= 0.6 is 0 Å². The zero-order chi connectivity index (χ0) is 18.6. The van der Waals surface area contributed by atoms with Crippen molar-refractivity contribution in [3.63, 3.8) is 0 Å². The molecule has 1 fully saturated rings. The van der Waals surface area contributed by atoms with E-state index in [2.05, 4.69) is 15.2 Å². The largest absolute Gasteiger partial charge is 0.416 e. The van der Waals surface area contributed by atoms with Crippen LogP contribution in [0.5, 0.6) is 0 Å². The monoisotopic (exact) mass is 365 g/mol. The molecule has 0 atom stereocenters. The van der Waals surface area contributed by atoms with Gasteiger partial charge in [0.05, 0.1) is 31.7 Å². The van der Waals surface area contributed by atoms with Crippen molar-refractivity contribution in [1.82, 2.24) is 4.98 Å². The van der Waals surface area contributed by atoms with Gasteiger partial charge in [-0.15, -0.1) is 0 Å². The first kappa shape index (κ1) is 18.2. The summed E-state index contributed by atoms with van der Waals surface area (Å²) in [5.41, 5.74) is -0.608. The number of carbonyl (C=O) groups excluding carboxylic acids is 1. The number of halogens is 3. The highest BCUT2D eigenvalue weighted by Gasteiger charge is 2.30. The van der Waals surface area contributed by atoms with Crippen LogP contribution in [0.3, 0.4) is 0 Å². The summed E-state index contributed by atoms with van der Waals surface area (Å²) < 4.78 is 38.2. The van der Waals surface area contributed by atoms with E-state index in [-0.39, 0.29) is 18.1 Å². The molecule has 1 saturated heterocycles. The Morgan fingerprint density at radius 3 is 2.58 bits per heavy atom. The second-order valence-electron chi connectivity index (χ2n) is 6.23. The van der Waals surface area contributed by atoms with Crippen molar-refractivity contribution in [1.29, 1.82) is 0 Å². The second kappa shape index (κ2) is 7.74. The first-order valence-electron chi connectivity index (χ1n) is 8.38. The van der Waals surface area contributed by atoms with Crippen molar-refractivity contribution in [2.24, 2.45) is 0 Å². The summed E-state index contributed by atoms with van der Waals surface area (Å²) in [4.78, 5) is 19.7. The Bertz CT molecular complexity index is 744. The molecule has 0 saturated carbocycles. The van der Waals surface area contributed by atoms with Crippen molar-refractivity contribution in [3.8, 4) is 0 Å². The molecule has 1 aliphatic rings. The summed E-state index contributed by atoms with van der Waals surface area (Å²) >= 11 is 0. The number of piperazine rings is 1. The Hall–Kier alpha value is -2.61. The predicted octanol–water partition coefficient (Wildman–Crippen LogP) is 1.44. The third-order valence-corrected chi connectivity index (χ3v) is 4.33. The van der Waals surface area contributed by atoms with E-state index in [4.69, 9.17) is 0 Å². The summed E-state index contributed by atoms with van der Waals surface area (Å²) in [5.74, 6) is 0.630. The summed E-state index contributed by atoms with van der Waals surface area (Å²) in [5, 5.41) is 2.56. The molecule has 1 aliphatic heterocycles. The van der Waals surface area contributed by atoms with E-state index in [1.54, 1.807) is 6.20 Å². The number of quaternary nitrogens is 1. The van der Waals surface area contributed by atoms with Crippen LogP contribution in [0.4, 0.5) is 24.7 Å². The van der Waals surface area contributed by atoms with Gasteiger partial charge in [0.1, 0.15) is 5.82 Å². The van der Waals surface area contributed by atoms with E-state index in [1.165, 1.54) is 12.1 Å². The minimum Gasteiger partial charge on any atom is -0.345 e. The zero-order valence-corrected chi connectivity index (χ0v) is 14.1. The number of anilines is 2. The quantitative estimate of drug-likeness (QED) is 0.862. The van der Waals surface area contributed by atoms with Gasteiger partial charge >= 0.3 is 6.18 Å². The molecule has 2 heterocycles. The van der Waals surface area contributed by atoms with Crippen molar-refractivity contribution >= 4 is 17.4 Å². The number of carbonyl (C=O) groups is 1. The molecule has 0 aliphatic carbocycles. The highest BCUT2D eigenvalue weighted by Crippen LogP contribution is 2.30. The van der Waals surface area contributed by atoms with E-state index in [9.17, 15) is 18.0 Å². The lowest BCUT2D eigenvalue weighted by atomic mass is 10.2. The molecule has 26 heavy (non-hydrogen) atoms. The average Bonchev–Trinajstić information content (AvgIpc) is 2.62. The number of pyridine rings is 1. The van der Waals surface area contributed by atoms with Crippen LogP contribution in [0.25, 0.3) is 0 Å². The number of alkyl halides is 3. The number of aromatic nitrogens is 1. The number of benzene rings is 1. The first-order valence-corrected chi connectivity index (χ1v) is 8.38. The number of nitrogens with one attached hydrogen (secondary N) is 2. The van der Waals surface area contributed by atoms with Crippen LogP contribution in [0.15, 0.2) is 48.7 Å². The summed E-state index contributed by atoms with van der Waals surface area (Å²) in [7, 11) is 0. The third-order valence-electron chi connectivity index (χ3n) is 4.33. The minimum atomic E-state index is -4.42. The van der Waals surface area contributed by atoms with E-state index >= 15 is 0 Å². The number of hydrogen-bond acceptors (Lipinski definition) is 3.